The van der Waals surface area contributed by atoms with Gasteiger partial charge in [0, 0.05) is 93.1 Å². The zero-order valence-corrected chi connectivity index (χ0v) is 67.8. The van der Waals surface area contributed by atoms with Crippen molar-refractivity contribution in [3.63, 3.8) is 0 Å². The highest BCUT2D eigenvalue weighted by molar-refractivity contribution is 5.83. The van der Waals surface area contributed by atoms with Crippen LogP contribution in [-0.2, 0) is 14.4 Å². The minimum Gasteiger partial charge on any atom is -0.481 e. The highest BCUT2D eigenvalue weighted by Gasteiger charge is 2.56. The molecule has 113 heavy (non-hydrogen) atoms. The molecule has 9 saturated heterocycles. The SMILES string of the molecule is CC1(C)[C@H]2CC[C@@H](CCN3[C@@H]4CCC[C@H]3CC(n3c(=O)c(N5CC(C(=O)O)C5)nc5ccccc53)C4)[C@@H]1C2.CC1(C)[C@H]2CC[C@@H](CCN3[C@@H]4CCC[C@H]3CC(n3c(=O)c(N5CC[C@H]5C(=O)O)nc5ccccc53)C4)[C@@H]1C2.O=C(O)C1CN(c2nc3ccccc3n(C3C[C@H]4CCC[C@@H](C3)N4C3CCCCCCCCC3)c2=O)C1. The van der Waals surface area contributed by atoms with Crippen LogP contribution in [0.2, 0.25) is 0 Å². The number of hydrogen-bond donors (Lipinski definition) is 3. The molecule has 0 radical (unpaired) electrons. The van der Waals surface area contributed by atoms with Crippen LogP contribution < -0.4 is 31.4 Å². The van der Waals surface area contributed by atoms with Crippen LogP contribution in [0, 0.1) is 58.2 Å². The Morgan fingerprint density at radius 3 is 1.08 bits per heavy atom. The lowest BCUT2D eigenvalue weighted by Crippen LogP contribution is -2.57. The number of rotatable bonds is 16. The smallest absolute Gasteiger partial charge is 0.326 e. The van der Waals surface area contributed by atoms with Gasteiger partial charge in [0.2, 0.25) is 0 Å². The molecule has 16 fully saturated rings. The number of piperidine rings is 6. The van der Waals surface area contributed by atoms with Crippen LogP contribution in [0.4, 0.5) is 17.5 Å². The summed E-state index contributed by atoms with van der Waals surface area (Å²) in [5, 5.41) is 28.3. The molecule has 3 aromatic heterocycles. The molecular formula is C92H126N12O9. The average molecular weight is 1540 g/mol. The average Bonchev–Trinajstić information content (AvgIpc) is 0.754. The summed E-state index contributed by atoms with van der Waals surface area (Å²) >= 11 is 0. The van der Waals surface area contributed by atoms with Gasteiger partial charge in [-0.1, -0.05) is 128 Å². The predicted molar refractivity (Wildman–Crippen MR) is 443 cm³/mol. The van der Waals surface area contributed by atoms with E-state index in [-0.39, 0.29) is 34.8 Å². The number of nitrogens with zero attached hydrogens (tertiary/aromatic N) is 12. The van der Waals surface area contributed by atoms with E-state index < -0.39 is 35.8 Å². The molecule has 10 bridgehead atoms. The van der Waals surface area contributed by atoms with Crippen LogP contribution in [0.3, 0.4) is 0 Å². The standard InChI is InChI=1S/2C31H42N4O3.C30H42N4O3/c1-31(2)20-11-10-19(24(31)16-20)12-14-33-21-6-5-7-22(33)18-23(17-21)35-26-9-4-3-8-25(26)32-28(29(35)36)34-15-13-27(34)30(37)38;1-31(2)21-11-10-19(25(31)14-21)12-13-34-22-6-5-7-23(34)16-24(15-22)35-27-9-4-3-8-26(27)32-28(29(35)36)33-17-20(18-33)30(37)38;35-29-28(32-19-21(20-32)30(36)37)31-26-15-8-9-16-27(26)34(29)25-17-23-13-10-14-24(18-25)33(23)22-11-6-4-2-1-3-5-7-12-22/h3-4,8-9,19-24,27H,5-7,10-18H2,1-2H3,(H,37,38);3-4,8-9,19-25H,5-7,10-18H2,1-2H3,(H,37,38);8-9,15-16,21-25H,1-7,10-14,17-20H2,(H,36,37)/t19-,20-,21-,22+,23?,24-,27-;19-,21-,22-,23+,24?,25-;23-,24+,25?/m00./s1. The Morgan fingerprint density at radius 2 is 0.726 bits per heavy atom. The Bertz CT molecular complexity index is 4640. The maximum absolute atomic E-state index is 14.0. The van der Waals surface area contributed by atoms with E-state index in [0.717, 1.165) is 107 Å². The normalized spacial score (nSPS) is 33.1. The summed E-state index contributed by atoms with van der Waals surface area (Å²) in [6, 6.07) is 27.6. The first-order chi connectivity index (χ1) is 54.7. The van der Waals surface area contributed by atoms with E-state index in [2.05, 4.69) is 42.4 Å². The number of hydrogen-bond acceptors (Lipinski definition) is 15. The molecule has 608 valence electrons. The zero-order valence-electron chi connectivity index (χ0n) is 67.8. The summed E-state index contributed by atoms with van der Waals surface area (Å²) < 4.78 is 6.07. The molecule has 0 amide bonds. The van der Waals surface area contributed by atoms with Gasteiger partial charge in [0.25, 0.3) is 16.7 Å². The fourth-order valence-electron chi connectivity index (χ4n) is 26.2. The highest BCUT2D eigenvalue weighted by Crippen LogP contribution is 2.63. The quantitative estimate of drug-likeness (QED) is 0.0817. The lowest BCUT2D eigenvalue weighted by molar-refractivity contribution is -0.143. The van der Waals surface area contributed by atoms with Gasteiger partial charge in [0.1, 0.15) is 6.04 Å². The summed E-state index contributed by atoms with van der Waals surface area (Å²) in [6.07, 6.45) is 41.4. The van der Waals surface area contributed by atoms with Gasteiger partial charge < -0.3 is 43.7 Å². The first-order valence-corrected chi connectivity index (χ1v) is 45.0. The number of anilines is 3. The van der Waals surface area contributed by atoms with Crippen molar-refractivity contribution >= 4 is 68.5 Å². The van der Waals surface area contributed by atoms with Crippen LogP contribution in [0.15, 0.2) is 87.2 Å². The Hall–Kier alpha value is -7.23. The first kappa shape index (κ1) is 77.0. The third kappa shape index (κ3) is 14.4. The third-order valence-corrected chi connectivity index (χ3v) is 32.8. The molecular weight excluding hydrogens is 1420 g/mol. The van der Waals surface area contributed by atoms with Gasteiger partial charge in [0.15, 0.2) is 17.5 Å². The molecule has 3 N–H and O–H groups in total. The van der Waals surface area contributed by atoms with E-state index in [4.69, 9.17) is 15.0 Å². The number of fused-ring (bicyclic) bond motifs is 13. The number of para-hydroxylation sites is 6. The van der Waals surface area contributed by atoms with Gasteiger partial charge in [-0.25, -0.2) is 19.7 Å². The molecule has 7 saturated carbocycles. The van der Waals surface area contributed by atoms with E-state index >= 15 is 0 Å². The van der Waals surface area contributed by atoms with Gasteiger partial charge in [0.05, 0.1) is 44.9 Å². The van der Waals surface area contributed by atoms with Crippen molar-refractivity contribution in [2.75, 3.05) is 60.5 Å². The fourth-order valence-corrected chi connectivity index (χ4v) is 26.2. The Morgan fingerprint density at radius 1 is 0.381 bits per heavy atom. The summed E-state index contributed by atoms with van der Waals surface area (Å²) in [5.74, 6) is 3.38. The molecule has 22 rings (SSSR count). The largest absolute Gasteiger partial charge is 0.481 e. The summed E-state index contributed by atoms with van der Waals surface area (Å²) in [6.45, 7) is 14.4. The molecule has 21 heteroatoms. The second-order valence-corrected chi connectivity index (χ2v) is 39.2. The lowest BCUT2D eigenvalue weighted by atomic mass is 9.45. The molecule has 21 nitrogen and oxygen atoms in total. The molecule has 16 atom stereocenters. The van der Waals surface area contributed by atoms with Crippen molar-refractivity contribution in [1.82, 2.24) is 43.4 Å². The zero-order chi connectivity index (χ0) is 77.7. The number of carbonyl (C=O) groups is 3. The number of aliphatic carboxylic acids is 3. The fraction of sp³-hybridized carbons (Fsp3) is 0.707. The summed E-state index contributed by atoms with van der Waals surface area (Å²) in [5.41, 5.74) is 6.04. The Kier molecular flexibility index (Phi) is 21.6. The number of benzene rings is 3. The maximum Gasteiger partial charge on any atom is 0.326 e. The Labute approximate surface area is 666 Å². The number of carboxylic acid groups (broad SMARTS) is 3. The minimum absolute atomic E-state index is 0.0437. The van der Waals surface area contributed by atoms with E-state index in [1.165, 1.54) is 180 Å². The van der Waals surface area contributed by atoms with Gasteiger partial charge in [-0.15, -0.1) is 0 Å². The molecule has 7 aliphatic carbocycles. The number of carboxylic acids is 3. The van der Waals surface area contributed by atoms with Crippen LogP contribution in [-0.4, -0.2) is 171 Å². The molecule has 6 aromatic rings. The minimum atomic E-state index is -0.876. The van der Waals surface area contributed by atoms with Crippen molar-refractivity contribution in [2.45, 2.75) is 306 Å². The van der Waals surface area contributed by atoms with E-state index in [0.29, 0.717) is 110 Å². The molecule has 3 unspecified atom stereocenters. The second-order valence-electron chi connectivity index (χ2n) is 39.2. The highest BCUT2D eigenvalue weighted by atomic mass is 16.4. The molecule has 12 heterocycles. The van der Waals surface area contributed by atoms with E-state index in [9.17, 15) is 44.1 Å². The van der Waals surface area contributed by atoms with Crippen LogP contribution in [0.25, 0.3) is 33.1 Å². The second kappa shape index (κ2) is 31.7. The van der Waals surface area contributed by atoms with E-state index in [1.807, 2.05) is 96.3 Å². The van der Waals surface area contributed by atoms with Crippen LogP contribution >= 0.6 is 0 Å². The lowest BCUT2D eigenvalue weighted by Gasteiger charge is -2.60. The van der Waals surface area contributed by atoms with Crippen molar-refractivity contribution in [2.24, 2.45) is 58.2 Å². The van der Waals surface area contributed by atoms with Crippen LogP contribution in [0.5, 0.6) is 0 Å². The molecule has 3 aromatic carbocycles. The third-order valence-electron chi connectivity index (χ3n) is 32.8. The van der Waals surface area contributed by atoms with Gasteiger partial charge in [-0.2, -0.15) is 0 Å². The molecule has 9 aliphatic heterocycles. The monoisotopic (exact) mass is 1540 g/mol. The molecule has 16 aliphatic rings. The maximum atomic E-state index is 14.0. The predicted octanol–water partition coefficient (Wildman–Crippen LogP) is 15.4. The van der Waals surface area contributed by atoms with E-state index in [1.54, 1.807) is 4.90 Å². The van der Waals surface area contributed by atoms with Crippen LogP contribution in [0.1, 0.15) is 258 Å². The van der Waals surface area contributed by atoms with Gasteiger partial charge >= 0.3 is 17.9 Å². The topological polar surface area (TPSA) is 236 Å². The number of aromatic nitrogens is 6. The molecule has 0 spiro atoms. The Balaban J connectivity index is 0.000000118. The van der Waals surface area contributed by atoms with Crippen molar-refractivity contribution in [1.29, 1.82) is 0 Å². The van der Waals surface area contributed by atoms with Gasteiger partial charge in [-0.3, -0.25) is 38.7 Å². The first-order valence-electron chi connectivity index (χ1n) is 45.0. The van der Waals surface area contributed by atoms with Crippen molar-refractivity contribution in [3.05, 3.63) is 104 Å². The van der Waals surface area contributed by atoms with Crippen molar-refractivity contribution in [3.8, 4) is 0 Å². The summed E-state index contributed by atoms with van der Waals surface area (Å²) in [7, 11) is 0. The van der Waals surface area contributed by atoms with Gasteiger partial charge in [-0.05, 0) is 244 Å². The van der Waals surface area contributed by atoms with Crippen molar-refractivity contribution < 1.29 is 29.7 Å². The summed E-state index contributed by atoms with van der Waals surface area (Å²) in [4.78, 5) is 105.